The Kier molecular flexibility index (Phi) is 5.85. The molecule has 190 valence electrons. The summed E-state index contributed by atoms with van der Waals surface area (Å²) >= 11 is 0. The predicted molar refractivity (Wildman–Crippen MR) is 136 cm³/mol. The Morgan fingerprint density at radius 3 is 2.36 bits per heavy atom. The summed E-state index contributed by atoms with van der Waals surface area (Å²) in [7, 11) is 1.83. The molecule has 10 heteroatoms. The van der Waals surface area contributed by atoms with Crippen LogP contribution in [0.3, 0.4) is 0 Å². The van der Waals surface area contributed by atoms with E-state index in [2.05, 4.69) is 31.1 Å². The van der Waals surface area contributed by atoms with Crippen LogP contribution in [0.5, 0.6) is 5.75 Å². The molecule has 1 fully saturated rings. The normalized spacial score (nSPS) is 25.5. The van der Waals surface area contributed by atoms with Gasteiger partial charge in [0.05, 0.1) is 11.1 Å². The molecule has 0 aromatic heterocycles. The summed E-state index contributed by atoms with van der Waals surface area (Å²) in [6, 6.07) is 1.75. The number of hydrogen-bond donors (Lipinski definition) is 5. The molecule has 3 aliphatic rings. The molecule has 1 aromatic rings. The van der Waals surface area contributed by atoms with Crippen molar-refractivity contribution in [2.45, 2.75) is 44.5 Å². The number of fused-ring (bicyclic) bond motifs is 3. The number of rotatable bonds is 2. The Morgan fingerprint density at radius 1 is 1.17 bits per heavy atom. The number of nitrogens with zero attached hydrogens (tertiary/aromatic N) is 1. The lowest BCUT2D eigenvalue weighted by molar-refractivity contribution is -0.147. The molecule has 9 nitrogen and oxygen atoms in total. The standard InChI is InChI=1S/C26H30N2O7Si/c1-28(2)16-10-12(6-7-36(3,4)5)21(30)19-15(16)9-13-8-14-11-17(29)20(25(27)34)24(33)26(14,35)23(32)18(13)22(19)31/h10,13-14,30-31,33,35H,8-9,11H2,1-5H3,(H2,27,34)/t13-,14+,26+/m1/s1. The van der Waals surface area contributed by atoms with E-state index < -0.39 is 60.1 Å². The second kappa shape index (κ2) is 8.25. The van der Waals surface area contributed by atoms with E-state index in [0.717, 1.165) is 0 Å². The summed E-state index contributed by atoms with van der Waals surface area (Å²) in [5.74, 6) is -3.44. The SMILES string of the molecule is CN(C)c1cc(C#C[Si](C)(C)C)c(O)c2c1C[C@H]1C[C@H]3CC(=O)C(C(N)=O)=C(O)[C@@]3(O)C(=O)C1=C2O. The van der Waals surface area contributed by atoms with Gasteiger partial charge in [0.2, 0.25) is 5.78 Å². The third-order valence-electron chi connectivity index (χ3n) is 7.09. The highest BCUT2D eigenvalue weighted by atomic mass is 28.3. The molecule has 3 atom stereocenters. The first-order valence-electron chi connectivity index (χ1n) is 11.7. The van der Waals surface area contributed by atoms with Crippen molar-refractivity contribution < 1.29 is 34.8 Å². The minimum Gasteiger partial charge on any atom is -0.508 e. The number of carbonyl (C=O) groups is 3. The molecule has 0 radical (unpaired) electrons. The van der Waals surface area contributed by atoms with Crippen LogP contribution >= 0.6 is 0 Å². The van der Waals surface area contributed by atoms with Crippen LogP contribution in [-0.4, -0.2) is 65.7 Å². The zero-order valence-electron chi connectivity index (χ0n) is 20.9. The van der Waals surface area contributed by atoms with E-state index in [4.69, 9.17) is 5.73 Å². The zero-order valence-corrected chi connectivity index (χ0v) is 21.9. The smallest absolute Gasteiger partial charge is 0.255 e. The Morgan fingerprint density at radius 2 is 1.81 bits per heavy atom. The second-order valence-electron chi connectivity index (χ2n) is 10.9. The van der Waals surface area contributed by atoms with Crippen molar-refractivity contribution in [2.75, 3.05) is 19.0 Å². The molecule has 36 heavy (non-hydrogen) atoms. The summed E-state index contributed by atoms with van der Waals surface area (Å²) < 4.78 is 0. The molecule has 6 N–H and O–H groups in total. The van der Waals surface area contributed by atoms with Gasteiger partial charge < -0.3 is 31.1 Å². The Bertz CT molecular complexity index is 1360. The van der Waals surface area contributed by atoms with E-state index >= 15 is 0 Å². The number of primary amides is 1. The molecular weight excluding hydrogens is 480 g/mol. The van der Waals surface area contributed by atoms with Crippen LogP contribution in [0.4, 0.5) is 5.69 Å². The third kappa shape index (κ3) is 3.70. The predicted octanol–water partition coefficient (Wildman–Crippen LogP) is 1.72. The highest BCUT2D eigenvalue weighted by molar-refractivity contribution is 6.83. The summed E-state index contributed by atoms with van der Waals surface area (Å²) in [6.45, 7) is 6.16. The highest BCUT2D eigenvalue weighted by Gasteiger charge is 2.60. The lowest BCUT2D eigenvalue weighted by Gasteiger charge is -2.46. The molecule has 0 spiro atoms. The van der Waals surface area contributed by atoms with Crippen LogP contribution in [0.1, 0.15) is 29.5 Å². The Balaban J connectivity index is 1.97. The lowest BCUT2D eigenvalue weighted by atomic mass is 9.59. The topological polar surface area (TPSA) is 161 Å². The zero-order chi connectivity index (χ0) is 26.9. The van der Waals surface area contributed by atoms with E-state index in [1.54, 1.807) is 6.07 Å². The van der Waals surface area contributed by atoms with Crippen LogP contribution in [-0.2, 0) is 20.8 Å². The molecular formula is C26H30N2O7Si. The highest BCUT2D eigenvalue weighted by Crippen LogP contribution is 2.53. The van der Waals surface area contributed by atoms with Gasteiger partial charge in [0.15, 0.2) is 11.4 Å². The largest absolute Gasteiger partial charge is 0.508 e. The maximum Gasteiger partial charge on any atom is 0.255 e. The van der Waals surface area contributed by atoms with Gasteiger partial charge in [-0.1, -0.05) is 25.6 Å². The van der Waals surface area contributed by atoms with Crippen LogP contribution < -0.4 is 10.6 Å². The van der Waals surface area contributed by atoms with E-state index in [-0.39, 0.29) is 36.1 Å². The van der Waals surface area contributed by atoms with Gasteiger partial charge >= 0.3 is 0 Å². The number of carbonyl (C=O) groups excluding carboxylic acids is 3. The van der Waals surface area contributed by atoms with Gasteiger partial charge in [0, 0.05) is 37.7 Å². The number of phenols is 1. The van der Waals surface area contributed by atoms with Gasteiger partial charge in [-0.3, -0.25) is 14.4 Å². The van der Waals surface area contributed by atoms with Crippen molar-refractivity contribution in [2.24, 2.45) is 17.6 Å². The van der Waals surface area contributed by atoms with Gasteiger partial charge in [-0.2, -0.15) is 0 Å². The fourth-order valence-corrected chi connectivity index (χ4v) is 5.93. The van der Waals surface area contributed by atoms with Crippen molar-refractivity contribution in [3.8, 4) is 17.2 Å². The molecule has 1 amide bonds. The maximum atomic E-state index is 13.7. The molecule has 0 unspecified atom stereocenters. The quantitative estimate of drug-likeness (QED) is 0.228. The first-order chi connectivity index (χ1) is 16.6. The fraction of sp³-hybridized carbons (Fsp3) is 0.423. The molecule has 0 bridgehead atoms. The minimum absolute atomic E-state index is 0.0493. The molecule has 0 heterocycles. The maximum absolute atomic E-state index is 13.7. The summed E-state index contributed by atoms with van der Waals surface area (Å²) in [5.41, 5.74) is 6.54. The van der Waals surface area contributed by atoms with Gasteiger partial charge in [-0.15, -0.1) is 5.54 Å². The number of nitrogens with two attached hydrogens (primary N) is 1. The summed E-state index contributed by atoms with van der Waals surface area (Å²) in [5, 5.41) is 44.5. The van der Waals surface area contributed by atoms with E-state index in [0.29, 0.717) is 16.8 Å². The van der Waals surface area contributed by atoms with Crippen molar-refractivity contribution in [1.29, 1.82) is 0 Å². The van der Waals surface area contributed by atoms with Crippen LogP contribution in [0.2, 0.25) is 19.6 Å². The Labute approximate surface area is 209 Å². The van der Waals surface area contributed by atoms with Gasteiger partial charge in [-0.05, 0) is 30.4 Å². The average Bonchev–Trinajstić information content (AvgIpc) is 2.74. The second-order valence-corrected chi connectivity index (χ2v) is 15.7. The number of Topliss-reactive ketones (excluding diaryl/α,β-unsaturated/α-hetero) is 2. The molecule has 1 aromatic carbocycles. The first-order valence-corrected chi connectivity index (χ1v) is 15.2. The van der Waals surface area contributed by atoms with Crippen LogP contribution in [0, 0.1) is 23.3 Å². The number of phenolic OH excluding ortho intramolecular Hbond substituents is 1. The van der Waals surface area contributed by atoms with Crippen molar-refractivity contribution in [3.05, 3.63) is 39.7 Å². The number of aliphatic hydroxyl groups is 3. The average molecular weight is 511 g/mol. The number of benzene rings is 1. The van der Waals surface area contributed by atoms with Crippen molar-refractivity contribution in [1.82, 2.24) is 0 Å². The van der Waals surface area contributed by atoms with Gasteiger partial charge in [0.25, 0.3) is 5.91 Å². The fourth-order valence-electron chi connectivity index (χ4n) is 5.42. The van der Waals surface area contributed by atoms with E-state index in [1.165, 1.54) is 0 Å². The van der Waals surface area contributed by atoms with E-state index in [1.807, 2.05) is 19.0 Å². The lowest BCUT2D eigenvalue weighted by Crippen LogP contribution is -2.58. The summed E-state index contributed by atoms with van der Waals surface area (Å²) in [6.07, 6.45) is -0.0100. The van der Waals surface area contributed by atoms with Gasteiger partial charge in [-0.25, -0.2) is 0 Å². The van der Waals surface area contributed by atoms with Crippen molar-refractivity contribution >= 4 is 37.0 Å². The van der Waals surface area contributed by atoms with E-state index in [9.17, 15) is 34.8 Å². The summed E-state index contributed by atoms with van der Waals surface area (Å²) in [4.78, 5) is 39.7. The molecule has 3 aliphatic carbocycles. The Hall–Kier alpha value is -3.55. The minimum atomic E-state index is -2.58. The molecule has 0 aliphatic heterocycles. The van der Waals surface area contributed by atoms with Gasteiger partial charge in [0.1, 0.15) is 30.9 Å². The van der Waals surface area contributed by atoms with Crippen LogP contribution in [0.15, 0.2) is 23.0 Å². The molecule has 0 saturated heterocycles. The number of aliphatic hydroxyl groups excluding tert-OH is 2. The van der Waals surface area contributed by atoms with Crippen molar-refractivity contribution in [3.63, 3.8) is 0 Å². The first kappa shape index (κ1) is 25.5. The number of ketones is 2. The number of amides is 1. The molecule has 4 rings (SSSR count). The number of anilines is 1. The number of hydrogen-bond acceptors (Lipinski definition) is 8. The number of aromatic hydroxyl groups is 1. The molecule has 1 saturated carbocycles. The van der Waals surface area contributed by atoms with Crippen LogP contribution in [0.25, 0.3) is 5.76 Å². The third-order valence-corrected chi connectivity index (χ3v) is 7.97. The monoisotopic (exact) mass is 510 g/mol.